The molecule has 116 valence electrons. The average Bonchev–Trinajstić information content (AvgIpc) is 2.86. The summed E-state index contributed by atoms with van der Waals surface area (Å²) in [6.07, 6.45) is 2.05. The van der Waals surface area contributed by atoms with Crippen LogP contribution in [-0.2, 0) is 15.4 Å². The van der Waals surface area contributed by atoms with Gasteiger partial charge in [-0.1, -0.05) is 30.3 Å². The molecule has 0 radical (unpaired) electrons. The van der Waals surface area contributed by atoms with Crippen molar-refractivity contribution in [3.05, 3.63) is 35.9 Å². The minimum atomic E-state index is -3.09. The van der Waals surface area contributed by atoms with Crippen molar-refractivity contribution in [2.24, 2.45) is 0 Å². The van der Waals surface area contributed by atoms with Crippen LogP contribution in [-0.4, -0.2) is 56.1 Å². The van der Waals surface area contributed by atoms with Gasteiger partial charge in [0.1, 0.15) is 0 Å². The summed E-state index contributed by atoms with van der Waals surface area (Å²) in [7, 11) is -0.963. The maximum atomic E-state index is 12.2. The Labute approximate surface area is 127 Å². The van der Waals surface area contributed by atoms with Gasteiger partial charge >= 0.3 is 0 Å². The highest BCUT2D eigenvalue weighted by molar-refractivity contribution is 7.89. The SMILES string of the molecule is CCS(=O)(=O)N1CC[C@]2(c3ccccc3)CCN(C)[C@@H]2C1. The lowest BCUT2D eigenvalue weighted by atomic mass is 9.70. The molecule has 4 nitrogen and oxygen atoms in total. The maximum Gasteiger partial charge on any atom is 0.213 e. The van der Waals surface area contributed by atoms with E-state index in [0.717, 1.165) is 19.4 Å². The Morgan fingerprint density at radius 2 is 1.86 bits per heavy atom. The van der Waals surface area contributed by atoms with Crippen LogP contribution in [0, 0.1) is 0 Å². The van der Waals surface area contributed by atoms with Crippen molar-refractivity contribution >= 4 is 10.0 Å². The first-order valence-electron chi connectivity index (χ1n) is 7.73. The van der Waals surface area contributed by atoms with Crippen molar-refractivity contribution in [3.63, 3.8) is 0 Å². The molecule has 1 aromatic rings. The number of nitrogens with zero attached hydrogens (tertiary/aromatic N) is 2. The summed E-state index contributed by atoms with van der Waals surface area (Å²) in [6.45, 7) is 4.04. The van der Waals surface area contributed by atoms with E-state index in [1.54, 1.807) is 11.2 Å². The van der Waals surface area contributed by atoms with Crippen LogP contribution in [0.25, 0.3) is 0 Å². The third kappa shape index (κ3) is 2.41. The molecule has 2 atom stereocenters. The number of piperidine rings is 1. The first-order chi connectivity index (χ1) is 9.99. The van der Waals surface area contributed by atoms with E-state index in [1.165, 1.54) is 5.56 Å². The highest BCUT2D eigenvalue weighted by atomic mass is 32.2. The number of rotatable bonds is 3. The van der Waals surface area contributed by atoms with E-state index in [2.05, 4.69) is 36.2 Å². The summed E-state index contributed by atoms with van der Waals surface area (Å²) in [5.74, 6) is 0.196. The van der Waals surface area contributed by atoms with Crippen LogP contribution in [0.4, 0.5) is 0 Å². The summed E-state index contributed by atoms with van der Waals surface area (Å²) >= 11 is 0. The van der Waals surface area contributed by atoms with E-state index in [-0.39, 0.29) is 17.2 Å². The smallest absolute Gasteiger partial charge is 0.213 e. The molecule has 2 fully saturated rings. The first kappa shape index (κ1) is 15.0. The van der Waals surface area contributed by atoms with Gasteiger partial charge in [-0.25, -0.2) is 12.7 Å². The van der Waals surface area contributed by atoms with Gasteiger partial charge in [-0.2, -0.15) is 0 Å². The van der Waals surface area contributed by atoms with Crippen molar-refractivity contribution < 1.29 is 8.42 Å². The Hall–Kier alpha value is -0.910. The fourth-order valence-electron chi connectivity index (χ4n) is 4.02. The Kier molecular flexibility index (Phi) is 3.84. The molecule has 1 aromatic carbocycles. The lowest BCUT2D eigenvalue weighted by Gasteiger charge is -2.45. The standard InChI is InChI=1S/C16H24N2O2S/c1-3-21(19,20)18-12-10-16(14-7-5-4-6-8-14)9-11-17(2)15(16)13-18/h4-8,15H,3,9-13H2,1-2H3/t15-,16+/m1/s1. The molecule has 0 unspecified atom stereocenters. The number of benzene rings is 1. The predicted molar refractivity (Wildman–Crippen MR) is 84.8 cm³/mol. The Balaban J connectivity index is 1.94. The Morgan fingerprint density at radius 1 is 1.19 bits per heavy atom. The van der Waals surface area contributed by atoms with Gasteiger partial charge in [0.25, 0.3) is 0 Å². The van der Waals surface area contributed by atoms with E-state index in [4.69, 9.17) is 0 Å². The molecule has 2 heterocycles. The van der Waals surface area contributed by atoms with E-state index in [1.807, 2.05) is 6.07 Å². The molecule has 5 heteroatoms. The fraction of sp³-hybridized carbons (Fsp3) is 0.625. The lowest BCUT2D eigenvalue weighted by molar-refractivity contribution is 0.147. The molecule has 2 aliphatic heterocycles. The van der Waals surface area contributed by atoms with Gasteiger partial charge in [0.15, 0.2) is 0 Å². The number of hydrogen-bond donors (Lipinski definition) is 0. The predicted octanol–water partition coefficient (Wildman–Crippen LogP) is 1.68. The van der Waals surface area contributed by atoms with Gasteiger partial charge < -0.3 is 4.90 Å². The molecular formula is C16H24N2O2S. The zero-order chi connectivity index (χ0) is 15.1. The minimum Gasteiger partial charge on any atom is -0.301 e. The van der Waals surface area contributed by atoms with Gasteiger partial charge in [0.2, 0.25) is 10.0 Å². The van der Waals surface area contributed by atoms with Crippen molar-refractivity contribution in [3.8, 4) is 0 Å². The molecule has 0 amide bonds. The molecule has 21 heavy (non-hydrogen) atoms. The largest absolute Gasteiger partial charge is 0.301 e. The first-order valence-corrected chi connectivity index (χ1v) is 9.34. The second-order valence-electron chi connectivity index (χ2n) is 6.28. The van der Waals surface area contributed by atoms with Crippen molar-refractivity contribution in [2.75, 3.05) is 32.4 Å². The third-order valence-electron chi connectivity index (χ3n) is 5.37. The molecule has 2 saturated heterocycles. The second kappa shape index (κ2) is 5.38. The quantitative estimate of drug-likeness (QED) is 0.853. The molecule has 0 N–H and O–H groups in total. The van der Waals surface area contributed by atoms with E-state index in [0.29, 0.717) is 13.1 Å². The van der Waals surface area contributed by atoms with Gasteiger partial charge in [-0.05, 0) is 38.9 Å². The van der Waals surface area contributed by atoms with E-state index in [9.17, 15) is 8.42 Å². The number of fused-ring (bicyclic) bond motifs is 1. The molecule has 0 aromatic heterocycles. The van der Waals surface area contributed by atoms with Crippen molar-refractivity contribution in [1.29, 1.82) is 0 Å². The number of sulfonamides is 1. The minimum absolute atomic E-state index is 0.121. The highest BCUT2D eigenvalue weighted by Gasteiger charge is 2.51. The normalized spacial score (nSPS) is 31.2. The van der Waals surface area contributed by atoms with Crippen LogP contribution >= 0.6 is 0 Å². The summed E-state index contributed by atoms with van der Waals surface area (Å²) in [6, 6.07) is 10.9. The van der Waals surface area contributed by atoms with Crippen LogP contribution in [0.2, 0.25) is 0 Å². The lowest BCUT2D eigenvalue weighted by Crippen LogP contribution is -2.56. The van der Waals surface area contributed by atoms with Gasteiger partial charge in [0, 0.05) is 24.5 Å². The van der Waals surface area contributed by atoms with Gasteiger partial charge in [-0.15, -0.1) is 0 Å². The summed E-state index contributed by atoms with van der Waals surface area (Å²) < 4.78 is 26.1. The molecule has 0 saturated carbocycles. The topological polar surface area (TPSA) is 40.6 Å². The molecule has 3 rings (SSSR count). The zero-order valence-electron chi connectivity index (χ0n) is 12.8. The maximum absolute atomic E-state index is 12.2. The van der Waals surface area contributed by atoms with Crippen LogP contribution in [0.3, 0.4) is 0 Å². The van der Waals surface area contributed by atoms with Gasteiger partial charge in [-0.3, -0.25) is 0 Å². The number of hydrogen-bond acceptors (Lipinski definition) is 3. The summed E-state index contributed by atoms with van der Waals surface area (Å²) in [4.78, 5) is 2.34. The highest BCUT2D eigenvalue weighted by Crippen LogP contribution is 2.45. The third-order valence-corrected chi connectivity index (χ3v) is 7.22. The Morgan fingerprint density at radius 3 is 2.52 bits per heavy atom. The molecular weight excluding hydrogens is 284 g/mol. The summed E-state index contributed by atoms with van der Waals surface area (Å²) in [5.41, 5.74) is 1.49. The Bertz CT molecular complexity index is 602. The molecule has 0 bridgehead atoms. The van der Waals surface area contributed by atoms with Gasteiger partial charge in [0.05, 0.1) is 5.75 Å². The zero-order valence-corrected chi connectivity index (χ0v) is 13.6. The van der Waals surface area contributed by atoms with E-state index >= 15 is 0 Å². The van der Waals surface area contributed by atoms with Crippen LogP contribution in [0.1, 0.15) is 25.3 Å². The molecule has 0 spiro atoms. The van der Waals surface area contributed by atoms with E-state index < -0.39 is 10.0 Å². The second-order valence-corrected chi connectivity index (χ2v) is 8.53. The number of likely N-dealkylation sites (N-methyl/N-ethyl adjacent to an activating group) is 1. The van der Waals surface area contributed by atoms with Crippen LogP contribution in [0.5, 0.6) is 0 Å². The number of likely N-dealkylation sites (tertiary alicyclic amines) is 1. The monoisotopic (exact) mass is 308 g/mol. The van der Waals surface area contributed by atoms with Crippen LogP contribution in [0.15, 0.2) is 30.3 Å². The van der Waals surface area contributed by atoms with Crippen LogP contribution < -0.4 is 0 Å². The average molecular weight is 308 g/mol. The van der Waals surface area contributed by atoms with Crippen molar-refractivity contribution in [1.82, 2.24) is 9.21 Å². The van der Waals surface area contributed by atoms with Crippen molar-refractivity contribution in [2.45, 2.75) is 31.2 Å². The molecule has 0 aliphatic carbocycles. The fourth-order valence-corrected chi connectivity index (χ4v) is 5.12. The summed E-state index contributed by atoms with van der Waals surface area (Å²) in [5, 5.41) is 0. The molecule has 2 aliphatic rings.